The number of Topliss-reactive ketones (excluding diaryl/α,β-unsaturated/α-hetero) is 1. The van der Waals surface area contributed by atoms with E-state index in [0.717, 1.165) is 25.1 Å². The first-order valence-electron chi connectivity index (χ1n) is 5.56. The van der Waals surface area contributed by atoms with Gasteiger partial charge in [-0.3, -0.25) is 4.79 Å². The monoisotopic (exact) mass is 234 g/mol. The molecule has 1 N–H and O–H groups in total. The Balaban J connectivity index is 2.30. The van der Waals surface area contributed by atoms with E-state index in [9.17, 15) is 9.59 Å². The average molecular weight is 234 g/mol. The van der Waals surface area contributed by atoms with Crippen molar-refractivity contribution in [1.82, 2.24) is 4.98 Å². The molecule has 1 aromatic heterocycles. The molecule has 0 aliphatic carbocycles. The summed E-state index contributed by atoms with van der Waals surface area (Å²) in [7, 11) is 0. The van der Waals surface area contributed by atoms with Gasteiger partial charge in [0.15, 0.2) is 5.78 Å². The summed E-state index contributed by atoms with van der Waals surface area (Å²) in [5.74, 6) is -0.929. The van der Waals surface area contributed by atoms with Crippen molar-refractivity contribution in [2.24, 2.45) is 0 Å². The van der Waals surface area contributed by atoms with Crippen LogP contribution in [0.3, 0.4) is 0 Å². The molecule has 0 bridgehead atoms. The Morgan fingerprint density at radius 1 is 1.53 bits per heavy atom. The molecule has 1 saturated heterocycles. The minimum absolute atomic E-state index is 0.0108. The number of carboxylic acid groups (broad SMARTS) is 1. The molecule has 1 unspecified atom stereocenters. The Hall–Kier alpha value is -1.91. The van der Waals surface area contributed by atoms with E-state index >= 15 is 0 Å². The Morgan fingerprint density at radius 3 is 2.94 bits per heavy atom. The predicted molar refractivity (Wildman–Crippen MR) is 62.2 cm³/mol. The summed E-state index contributed by atoms with van der Waals surface area (Å²) in [5, 5.41) is 8.88. The molecular formula is C12H14N2O3. The first-order valence-corrected chi connectivity index (χ1v) is 5.56. The molecule has 90 valence electrons. The third-order valence-corrected chi connectivity index (χ3v) is 3.02. The van der Waals surface area contributed by atoms with Crippen LogP contribution in [0.4, 0.5) is 5.69 Å². The molecule has 2 heterocycles. The smallest absolute Gasteiger partial charge is 0.354 e. The number of aromatic carboxylic acids is 1. The van der Waals surface area contributed by atoms with E-state index in [0.29, 0.717) is 0 Å². The van der Waals surface area contributed by atoms with Crippen LogP contribution in [0.5, 0.6) is 0 Å². The lowest BCUT2D eigenvalue weighted by Crippen LogP contribution is -2.34. The van der Waals surface area contributed by atoms with Gasteiger partial charge in [0.25, 0.3) is 0 Å². The van der Waals surface area contributed by atoms with Gasteiger partial charge in [-0.25, -0.2) is 9.78 Å². The second kappa shape index (κ2) is 4.53. The second-order valence-corrected chi connectivity index (χ2v) is 4.17. The maximum absolute atomic E-state index is 11.5. The fraction of sp³-hybridized carbons (Fsp3) is 0.417. The highest BCUT2D eigenvalue weighted by molar-refractivity contribution is 5.88. The quantitative estimate of drug-likeness (QED) is 0.854. The van der Waals surface area contributed by atoms with Crippen molar-refractivity contribution in [3.05, 3.63) is 24.0 Å². The third-order valence-electron chi connectivity index (χ3n) is 3.02. The highest BCUT2D eigenvalue weighted by atomic mass is 16.4. The van der Waals surface area contributed by atoms with Gasteiger partial charge in [-0.2, -0.15) is 0 Å². The lowest BCUT2D eigenvalue weighted by Gasteiger charge is -2.24. The summed E-state index contributed by atoms with van der Waals surface area (Å²) in [6.45, 7) is 2.36. The fourth-order valence-electron chi connectivity index (χ4n) is 2.21. The van der Waals surface area contributed by atoms with Crippen LogP contribution in [-0.4, -0.2) is 34.4 Å². The molecule has 1 fully saturated rings. The average Bonchev–Trinajstić information content (AvgIpc) is 2.78. The number of carbonyl (C=O) groups excluding carboxylic acids is 1. The van der Waals surface area contributed by atoms with Crippen LogP contribution in [0.25, 0.3) is 0 Å². The minimum Gasteiger partial charge on any atom is -0.477 e. The minimum atomic E-state index is -1.05. The van der Waals surface area contributed by atoms with Crippen LogP contribution in [0, 0.1) is 0 Å². The molecule has 1 aliphatic rings. The fourth-order valence-corrected chi connectivity index (χ4v) is 2.21. The molecule has 17 heavy (non-hydrogen) atoms. The summed E-state index contributed by atoms with van der Waals surface area (Å²) < 4.78 is 0. The molecule has 0 saturated carbocycles. The van der Waals surface area contributed by atoms with Crippen molar-refractivity contribution in [2.75, 3.05) is 11.4 Å². The standard InChI is InChI=1S/C12H14N2O3/c1-8(15)11-3-2-6-14(11)9-4-5-13-10(7-9)12(16)17/h4-5,7,11H,2-3,6H2,1H3,(H,16,17). The molecule has 1 aliphatic heterocycles. The highest BCUT2D eigenvalue weighted by Gasteiger charge is 2.28. The van der Waals surface area contributed by atoms with Gasteiger partial charge in [0.05, 0.1) is 6.04 Å². The molecule has 0 spiro atoms. The number of hydrogen-bond donors (Lipinski definition) is 1. The number of carboxylic acids is 1. The molecule has 0 amide bonds. The molecule has 0 aromatic carbocycles. The van der Waals surface area contributed by atoms with Gasteiger partial charge in [0.1, 0.15) is 5.69 Å². The van der Waals surface area contributed by atoms with Crippen LogP contribution in [0.15, 0.2) is 18.3 Å². The highest BCUT2D eigenvalue weighted by Crippen LogP contribution is 2.26. The van der Waals surface area contributed by atoms with Gasteiger partial charge in [-0.15, -0.1) is 0 Å². The van der Waals surface area contributed by atoms with Crippen LogP contribution in [0.2, 0.25) is 0 Å². The van der Waals surface area contributed by atoms with Gasteiger partial charge < -0.3 is 10.0 Å². The Bertz CT molecular complexity index is 459. The van der Waals surface area contributed by atoms with E-state index in [1.54, 1.807) is 13.0 Å². The van der Waals surface area contributed by atoms with Gasteiger partial charge in [0.2, 0.25) is 0 Å². The van der Waals surface area contributed by atoms with Gasteiger partial charge in [0, 0.05) is 18.4 Å². The van der Waals surface area contributed by atoms with Crippen molar-refractivity contribution < 1.29 is 14.7 Å². The van der Waals surface area contributed by atoms with Gasteiger partial charge in [-0.05, 0) is 31.9 Å². The summed E-state index contributed by atoms with van der Waals surface area (Å²) in [6, 6.07) is 3.14. The van der Waals surface area contributed by atoms with Crippen molar-refractivity contribution in [3.8, 4) is 0 Å². The van der Waals surface area contributed by atoms with Crippen molar-refractivity contribution in [2.45, 2.75) is 25.8 Å². The first-order chi connectivity index (χ1) is 8.09. The van der Waals surface area contributed by atoms with Crippen LogP contribution in [-0.2, 0) is 4.79 Å². The summed E-state index contributed by atoms with van der Waals surface area (Å²) in [4.78, 5) is 28.0. The number of rotatable bonds is 3. The normalized spacial score (nSPS) is 19.4. The third kappa shape index (κ3) is 2.27. The second-order valence-electron chi connectivity index (χ2n) is 4.17. The van der Waals surface area contributed by atoms with Gasteiger partial charge >= 0.3 is 5.97 Å². The maximum atomic E-state index is 11.5. The number of anilines is 1. The van der Waals surface area contributed by atoms with E-state index in [1.807, 2.05) is 4.90 Å². The molecule has 5 nitrogen and oxygen atoms in total. The van der Waals surface area contributed by atoms with E-state index < -0.39 is 5.97 Å². The lowest BCUT2D eigenvalue weighted by molar-refractivity contribution is -0.118. The van der Waals surface area contributed by atoms with Crippen LogP contribution < -0.4 is 4.90 Å². The number of nitrogens with zero attached hydrogens (tertiary/aromatic N) is 2. The van der Waals surface area contributed by atoms with Crippen LogP contribution in [0.1, 0.15) is 30.3 Å². The zero-order valence-corrected chi connectivity index (χ0v) is 9.59. The predicted octanol–water partition coefficient (Wildman–Crippen LogP) is 1.34. The van der Waals surface area contributed by atoms with E-state index in [-0.39, 0.29) is 17.5 Å². The molecule has 5 heteroatoms. The number of pyridine rings is 1. The van der Waals surface area contributed by atoms with E-state index in [2.05, 4.69) is 4.98 Å². The molecule has 1 atom stereocenters. The van der Waals surface area contributed by atoms with Crippen molar-refractivity contribution >= 4 is 17.4 Å². The Morgan fingerprint density at radius 2 is 2.29 bits per heavy atom. The lowest BCUT2D eigenvalue weighted by atomic mass is 10.1. The largest absolute Gasteiger partial charge is 0.477 e. The summed E-state index contributed by atoms with van der Waals surface area (Å²) in [5.41, 5.74) is 0.770. The Labute approximate surface area is 99.1 Å². The zero-order valence-electron chi connectivity index (χ0n) is 9.59. The number of carbonyl (C=O) groups is 2. The SMILES string of the molecule is CC(=O)C1CCCN1c1ccnc(C(=O)O)c1. The molecule has 1 aromatic rings. The van der Waals surface area contributed by atoms with Crippen molar-refractivity contribution in [3.63, 3.8) is 0 Å². The van der Waals surface area contributed by atoms with Crippen LogP contribution >= 0.6 is 0 Å². The number of ketones is 1. The molecule has 2 rings (SSSR count). The number of aromatic nitrogens is 1. The van der Waals surface area contributed by atoms with E-state index in [1.165, 1.54) is 12.3 Å². The maximum Gasteiger partial charge on any atom is 0.354 e. The topological polar surface area (TPSA) is 70.5 Å². The number of hydrogen-bond acceptors (Lipinski definition) is 4. The first kappa shape index (κ1) is 11.6. The van der Waals surface area contributed by atoms with Gasteiger partial charge in [-0.1, -0.05) is 0 Å². The van der Waals surface area contributed by atoms with E-state index in [4.69, 9.17) is 5.11 Å². The molecule has 0 radical (unpaired) electrons. The summed E-state index contributed by atoms with van der Waals surface area (Å²) >= 11 is 0. The zero-order chi connectivity index (χ0) is 12.4. The Kier molecular flexibility index (Phi) is 3.08. The van der Waals surface area contributed by atoms with Crippen molar-refractivity contribution in [1.29, 1.82) is 0 Å². The molecular weight excluding hydrogens is 220 g/mol. The summed E-state index contributed by atoms with van der Waals surface area (Å²) in [6.07, 6.45) is 3.25.